The molecule has 0 saturated carbocycles. The fraction of sp³-hybridized carbons (Fsp3) is 0.562. The zero-order chi connectivity index (χ0) is 14.6. The number of nitrogens with zero attached hydrogens (tertiary/aromatic N) is 1. The van der Waals surface area contributed by atoms with Crippen molar-refractivity contribution in [1.29, 1.82) is 0 Å². The molecular formula is C16H26N2O. The molecule has 0 aliphatic carbocycles. The summed E-state index contributed by atoms with van der Waals surface area (Å²) in [6, 6.07) is 4.25. The smallest absolute Gasteiger partial charge is 0.231 e. The zero-order valence-electron chi connectivity index (χ0n) is 13.0. The van der Waals surface area contributed by atoms with Crippen molar-refractivity contribution in [2.24, 2.45) is 5.92 Å². The molecule has 1 N–H and O–H groups in total. The van der Waals surface area contributed by atoms with Crippen LogP contribution in [0.15, 0.2) is 12.1 Å². The lowest BCUT2D eigenvalue weighted by molar-refractivity contribution is -0.122. The Morgan fingerprint density at radius 2 is 1.79 bits per heavy atom. The highest BCUT2D eigenvalue weighted by Crippen LogP contribution is 2.24. The van der Waals surface area contributed by atoms with Crippen molar-refractivity contribution >= 4 is 11.6 Å². The van der Waals surface area contributed by atoms with Gasteiger partial charge in [-0.3, -0.25) is 4.79 Å². The number of amides is 1. The van der Waals surface area contributed by atoms with E-state index in [1.54, 1.807) is 4.90 Å². The predicted molar refractivity (Wildman–Crippen MR) is 81.8 cm³/mol. The molecule has 0 radical (unpaired) electrons. The second-order valence-electron chi connectivity index (χ2n) is 5.28. The SMILES string of the molecule is CCC(CNC)C(=O)N(C)c1cc(C)c(C)cc1C. The predicted octanol–water partition coefficient (Wildman–Crippen LogP) is 2.82. The van der Waals surface area contributed by atoms with E-state index < -0.39 is 0 Å². The molecule has 0 spiro atoms. The third kappa shape index (κ3) is 3.57. The summed E-state index contributed by atoms with van der Waals surface area (Å²) in [6.07, 6.45) is 0.855. The Kier molecular flexibility index (Phi) is 5.55. The van der Waals surface area contributed by atoms with Crippen LogP contribution in [-0.2, 0) is 4.79 Å². The minimum Gasteiger partial charge on any atom is -0.319 e. The van der Waals surface area contributed by atoms with Crippen LogP contribution in [0.1, 0.15) is 30.0 Å². The van der Waals surface area contributed by atoms with Gasteiger partial charge < -0.3 is 10.2 Å². The Morgan fingerprint density at radius 1 is 1.21 bits per heavy atom. The maximum absolute atomic E-state index is 12.5. The molecule has 3 nitrogen and oxygen atoms in total. The summed E-state index contributed by atoms with van der Waals surface area (Å²) in [5.74, 6) is 0.221. The van der Waals surface area contributed by atoms with E-state index in [4.69, 9.17) is 0 Å². The average molecular weight is 262 g/mol. The first kappa shape index (κ1) is 15.7. The van der Waals surface area contributed by atoms with Crippen molar-refractivity contribution in [3.63, 3.8) is 0 Å². The molecule has 3 heteroatoms. The summed E-state index contributed by atoms with van der Waals surface area (Å²) < 4.78 is 0. The van der Waals surface area contributed by atoms with Crippen LogP contribution >= 0.6 is 0 Å². The highest BCUT2D eigenvalue weighted by molar-refractivity contribution is 5.95. The standard InChI is InChI=1S/C16H26N2O/c1-7-14(10-17-5)16(19)18(6)15-9-12(3)11(2)8-13(15)4/h8-9,14,17H,7,10H2,1-6H3. The molecule has 0 bridgehead atoms. The van der Waals surface area contributed by atoms with E-state index in [0.717, 1.165) is 24.2 Å². The normalized spacial score (nSPS) is 12.3. The van der Waals surface area contributed by atoms with Crippen molar-refractivity contribution < 1.29 is 4.79 Å². The number of anilines is 1. The minimum absolute atomic E-state index is 0.0380. The van der Waals surface area contributed by atoms with Crippen molar-refractivity contribution in [2.45, 2.75) is 34.1 Å². The fourth-order valence-corrected chi connectivity index (χ4v) is 2.35. The molecule has 0 aliphatic heterocycles. The first-order valence-corrected chi connectivity index (χ1v) is 6.92. The zero-order valence-corrected chi connectivity index (χ0v) is 13.0. The number of rotatable bonds is 5. The van der Waals surface area contributed by atoms with Crippen LogP contribution in [0.25, 0.3) is 0 Å². The molecule has 1 aromatic carbocycles. The maximum atomic E-state index is 12.5. The molecule has 1 amide bonds. The third-order valence-corrected chi connectivity index (χ3v) is 3.80. The molecule has 0 aliphatic rings. The van der Waals surface area contributed by atoms with Crippen LogP contribution in [0, 0.1) is 26.7 Å². The van der Waals surface area contributed by atoms with Gasteiger partial charge in [-0.2, -0.15) is 0 Å². The van der Waals surface area contributed by atoms with E-state index in [-0.39, 0.29) is 11.8 Å². The van der Waals surface area contributed by atoms with Gasteiger partial charge in [0.1, 0.15) is 0 Å². The van der Waals surface area contributed by atoms with Crippen LogP contribution < -0.4 is 10.2 Å². The van der Waals surface area contributed by atoms with Crippen molar-refractivity contribution in [3.05, 3.63) is 28.8 Å². The largest absolute Gasteiger partial charge is 0.319 e. The molecule has 0 saturated heterocycles. The molecule has 0 heterocycles. The van der Waals surface area contributed by atoms with Gasteiger partial charge in [0, 0.05) is 19.3 Å². The second kappa shape index (κ2) is 6.71. The van der Waals surface area contributed by atoms with Gasteiger partial charge in [0.15, 0.2) is 0 Å². The highest BCUT2D eigenvalue weighted by Gasteiger charge is 2.21. The molecule has 0 fully saturated rings. The lowest BCUT2D eigenvalue weighted by Gasteiger charge is -2.25. The summed E-state index contributed by atoms with van der Waals surface area (Å²) in [6.45, 7) is 9.03. The Balaban J connectivity index is 3.02. The number of carbonyl (C=O) groups excluding carboxylic acids is 1. The maximum Gasteiger partial charge on any atom is 0.231 e. The van der Waals surface area contributed by atoms with Gasteiger partial charge in [0.05, 0.1) is 5.92 Å². The van der Waals surface area contributed by atoms with E-state index in [0.29, 0.717) is 0 Å². The van der Waals surface area contributed by atoms with Gasteiger partial charge in [-0.1, -0.05) is 13.0 Å². The van der Waals surface area contributed by atoms with Crippen LogP contribution in [-0.4, -0.2) is 26.5 Å². The number of nitrogens with one attached hydrogen (secondary N) is 1. The van der Waals surface area contributed by atoms with E-state index in [1.165, 1.54) is 11.1 Å². The number of carbonyl (C=O) groups is 1. The Bertz CT molecular complexity index is 454. The number of hydrogen-bond donors (Lipinski definition) is 1. The molecule has 106 valence electrons. The topological polar surface area (TPSA) is 32.3 Å². The Labute approximate surface area is 117 Å². The van der Waals surface area contributed by atoms with Gasteiger partial charge >= 0.3 is 0 Å². The Morgan fingerprint density at radius 3 is 2.32 bits per heavy atom. The summed E-state index contributed by atoms with van der Waals surface area (Å²) >= 11 is 0. The Hall–Kier alpha value is -1.35. The molecule has 0 aromatic heterocycles. The quantitative estimate of drug-likeness (QED) is 0.885. The van der Waals surface area contributed by atoms with Crippen molar-refractivity contribution in [3.8, 4) is 0 Å². The van der Waals surface area contributed by atoms with Crippen molar-refractivity contribution in [1.82, 2.24) is 5.32 Å². The summed E-state index contributed by atoms with van der Waals surface area (Å²) in [5, 5.41) is 3.09. The monoisotopic (exact) mass is 262 g/mol. The van der Waals surface area contributed by atoms with Gasteiger partial charge in [-0.15, -0.1) is 0 Å². The molecule has 1 atom stereocenters. The van der Waals surface area contributed by atoms with Crippen LogP contribution in [0.3, 0.4) is 0 Å². The molecule has 1 unspecified atom stereocenters. The van der Waals surface area contributed by atoms with Gasteiger partial charge in [-0.05, 0) is 57.0 Å². The first-order chi connectivity index (χ1) is 8.92. The molecular weight excluding hydrogens is 236 g/mol. The van der Waals surface area contributed by atoms with Crippen LogP contribution in [0.5, 0.6) is 0 Å². The number of benzene rings is 1. The van der Waals surface area contributed by atoms with Crippen LogP contribution in [0.4, 0.5) is 5.69 Å². The molecule has 19 heavy (non-hydrogen) atoms. The van der Waals surface area contributed by atoms with E-state index in [9.17, 15) is 4.79 Å². The number of hydrogen-bond acceptors (Lipinski definition) is 2. The molecule has 1 rings (SSSR count). The lowest BCUT2D eigenvalue weighted by Crippen LogP contribution is -2.37. The van der Waals surface area contributed by atoms with E-state index >= 15 is 0 Å². The summed E-state index contributed by atoms with van der Waals surface area (Å²) in [5.41, 5.74) is 4.66. The van der Waals surface area contributed by atoms with Gasteiger partial charge in [0.2, 0.25) is 5.91 Å². The lowest BCUT2D eigenvalue weighted by atomic mass is 10.0. The van der Waals surface area contributed by atoms with Gasteiger partial charge in [0.25, 0.3) is 0 Å². The summed E-state index contributed by atoms with van der Waals surface area (Å²) in [4.78, 5) is 14.3. The molecule has 1 aromatic rings. The first-order valence-electron chi connectivity index (χ1n) is 6.92. The fourth-order valence-electron chi connectivity index (χ4n) is 2.35. The number of aryl methyl sites for hydroxylation is 3. The highest BCUT2D eigenvalue weighted by atomic mass is 16.2. The van der Waals surface area contributed by atoms with Crippen LogP contribution in [0.2, 0.25) is 0 Å². The second-order valence-corrected chi connectivity index (χ2v) is 5.28. The average Bonchev–Trinajstić information content (AvgIpc) is 2.38. The van der Waals surface area contributed by atoms with Gasteiger partial charge in [-0.25, -0.2) is 0 Å². The van der Waals surface area contributed by atoms with E-state index in [2.05, 4.69) is 45.1 Å². The summed E-state index contributed by atoms with van der Waals surface area (Å²) in [7, 11) is 3.76. The third-order valence-electron chi connectivity index (χ3n) is 3.80. The minimum atomic E-state index is 0.0380. The van der Waals surface area contributed by atoms with Crippen molar-refractivity contribution in [2.75, 3.05) is 25.5 Å². The van der Waals surface area contributed by atoms with E-state index in [1.807, 2.05) is 14.1 Å².